The van der Waals surface area contributed by atoms with Gasteiger partial charge in [0.1, 0.15) is 6.23 Å². The highest BCUT2D eigenvalue weighted by atomic mass is 16.3. The molecule has 2 fully saturated rings. The van der Waals surface area contributed by atoms with E-state index in [1.54, 1.807) is 0 Å². The fourth-order valence-corrected chi connectivity index (χ4v) is 3.33. The Morgan fingerprint density at radius 3 is 2.78 bits per heavy atom. The molecule has 0 aromatic heterocycles. The smallest absolute Gasteiger partial charge is 0.122 e. The van der Waals surface area contributed by atoms with Gasteiger partial charge in [0.2, 0.25) is 0 Å². The van der Waals surface area contributed by atoms with E-state index in [1.807, 2.05) is 0 Å². The first-order valence-electron chi connectivity index (χ1n) is 6.76. The summed E-state index contributed by atoms with van der Waals surface area (Å²) in [5, 5.41) is 9.90. The Bertz CT molecular complexity index is 397. The fraction of sp³-hybridized carbons (Fsp3) is 0.571. The third-order valence-electron chi connectivity index (χ3n) is 4.24. The van der Waals surface area contributed by atoms with Gasteiger partial charge in [-0.15, -0.1) is 0 Å². The first-order valence-corrected chi connectivity index (χ1v) is 6.76. The van der Waals surface area contributed by atoms with Gasteiger partial charge in [0.15, 0.2) is 0 Å². The van der Waals surface area contributed by atoms with Crippen molar-refractivity contribution in [3.8, 4) is 0 Å². The van der Waals surface area contributed by atoms with E-state index in [1.165, 1.54) is 5.56 Å². The molecule has 1 aromatic rings. The van der Waals surface area contributed by atoms with Crippen molar-refractivity contribution in [2.45, 2.75) is 38.2 Å². The van der Waals surface area contributed by atoms with Gasteiger partial charge >= 0.3 is 0 Å². The van der Waals surface area contributed by atoms with E-state index in [4.69, 9.17) is 0 Å². The molecule has 4 heteroatoms. The number of benzene rings is 1. The normalized spacial score (nSPS) is 35.9. The molecular weight excluding hydrogens is 226 g/mol. The SMILES string of the molecule is CCC1C2NNC(O)C2CN1Cc1ccccc1. The molecule has 0 spiro atoms. The molecule has 3 rings (SSSR count). The third kappa shape index (κ3) is 2.06. The number of nitrogens with one attached hydrogen (secondary N) is 2. The van der Waals surface area contributed by atoms with E-state index in [2.05, 4.69) is 53.0 Å². The van der Waals surface area contributed by atoms with Gasteiger partial charge in [-0.1, -0.05) is 37.3 Å². The van der Waals surface area contributed by atoms with Crippen molar-refractivity contribution in [2.75, 3.05) is 6.54 Å². The molecule has 0 amide bonds. The number of nitrogens with zero attached hydrogens (tertiary/aromatic N) is 1. The number of rotatable bonds is 3. The van der Waals surface area contributed by atoms with Gasteiger partial charge < -0.3 is 5.11 Å². The zero-order valence-electron chi connectivity index (χ0n) is 10.7. The van der Waals surface area contributed by atoms with E-state index in [0.29, 0.717) is 18.0 Å². The number of hydrogen-bond acceptors (Lipinski definition) is 4. The molecule has 2 heterocycles. The highest BCUT2D eigenvalue weighted by Crippen LogP contribution is 2.31. The zero-order valence-corrected chi connectivity index (χ0v) is 10.7. The average molecular weight is 247 g/mol. The van der Waals surface area contributed by atoms with Crippen LogP contribution >= 0.6 is 0 Å². The summed E-state index contributed by atoms with van der Waals surface area (Å²) in [5.41, 5.74) is 7.54. The molecule has 4 atom stereocenters. The molecule has 1 aromatic carbocycles. The van der Waals surface area contributed by atoms with Crippen LogP contribution in [0.3, 0.4) is 0 Å². The van der Waals surface area contributed by atoms with Crippen LogP contribution in [0.15, 0.2) is 30.3 Å². The summed E-state index contributed by atoms with van der Waals surface area (Å²) in [6, 6.07) is 11.4. The highest BCUT2D eigenvalue weighted by molar-refractivity contribution is 5.15. The molecule has 98 valence electrons. The molecule has 18 heavy (non-hydrogen) atoms. The first kappa shape index (κ1) is 12.1. The summed E-state index contributed by atoms with van der Waals surface area (Å²) >= 11 is 0. The van der Waals surface area contributed by atoms with Crippen LogP contribution in [-0.2, 0) is 6.54 Å². The quantitative estimate of drug-likeness (QED) is 0.735. The number of likely N-dealkylation sites (tertiary alicyclic amines) is 1. The lowest BCUT2D eigenvalue weighted by Crippen LogP contribution is -2.44. The summed E-state index contributed by atoms with van der Waals surface area (Å²) in [7, 11) is 0. The summed E-state index contributed by atoms with van der Waals surface area (Å²) in [5.74, 6) is 0.304. The molecule has 0 saturated carbocycles. The number of fused-ring (bicyclic) bond motifs is 1. The minimum absolute atomic E-state index is 0.304. The van der Waals surface area contributed by atoms with Gasteiger partial charge in [0.25, 0.3) is 0 Å². The Balaban J connectivity index is 1.73. The second kappa shape index (κ2) is 4.97. The van der Waals surface area contributed by atoms with Crippen LogP contribution < -0.4 is 10.9 Å². The lowest BCUT2D eigenvalue weighted by molar-refractivity contribution is 0.0997. The van der Waals surface area contributed by atoms with Gasteiger partial charge in [-0.2, -0.15) is 0 Å². The Morgan fingerprint density at radius 1 is 1.28 bits per heavy atom. The monoisotopic (exact) mass is 247 g/mol. The van der Waals surface area contributed by atoms with E-state index in [-0.39, 0.29) is 0 Å². The Kier molecular flexibility index (Phi) is 3.35. The Morgan fingerprint density at radius 2 is 2.06 bits per heavy atom. The van der Waals surface area contributed by atoms with Crippen molar-refractivity contribution >= 4 is 0 Å². The molecule has 2 aliphatic rings. The lowest BCUT2D eigenvalue weighted by Gasteiger charge is -2.27. The van der Waals surface area contributed by atoms with Gasteiger partial charge in [0, 0.05) is 31.1 Å². The van der Waals surface area contributed by atoms with Gasteiger partial charge in [-0.3, -0.25) is 10.3 Å². The van der Waals surface area contributed by atoms with Crippen LogP contribution in [-0.4, -0.2) is 34.9 Å². The Hall–Kier alpha value is -0.940. The van der Waals surface area contributed by atoms with Crippen molar-refractivity contribution in [2.24, 2.45) is 5.92 Å². The number of aliphatic hydroxyl groups is 1. The molecular formula is C14H21N3O. The van der Waals surface area contributed by atoms with Crippen molar-refractivity contribution in [3.63, 3.8) is 0 Å². The molecule has 3 N–H and O–H groups in total. The van der Waals surface area contributed by atoms with Crippen molar-refractivity contribution in [3.05, 3.63) is 35.9 Å². The van der Waals surface area contributed by atoms with Crippen molar-refractivity contribution in [1.82, 2.24) is 15.8 Å². The standard InChI is InChI=1S/C14H21N3O/c1-2-12-13-11(14(18)16-15-13)9-17(12)8-10-6-4-3-5-7-10/h3-7,11-16,18H,2,8-9H2,1H3. The van der Waals surface area contributed by atoms with Crippen LogP contribution in [0, 0.1) is 5.92 Å². The topological polar surface area (TPSA) is 47.5 Å². The first-order chi connectivity index (χ1) is 8.79. The van der Waals surface area contributed by atoms with Crippen LogP contribution in [0.5, 0.6) is 0 Å². The van der Waals surface area contributed by atoms with Crippen molar-refractivity contribution < 1.29 is 5.11 Å². The molecule has 4 nitrogen and oxygen atoms in total. The van der Waals surface area contributed by atoms with E-state index in [9.17, 15) is 5.11 Å². The van der Waals surface area contributed by atoms with Crippen LogP contribution in [0.25, 0.3) is 0 Å². The summed E-state index contributed by atoms with van der Waals surface area (Å²) in [4.78, 5) is 2.49. The maximum atomic E-state index is 9.90. The molecule has 4 unspecified atom stereocenters. The predicted molar refractivity (Wildman–Crippen MR) is 70.5 cm³/mol. The zero-order chi connectivity index (χ0) is 12.5. The van der Waals surface area contributed by atoms with Crippen LogP contribution in [0.1, 0.15) is 18.9 Å². The fourth-order valence-electron chi connectivity index (χ4n) is 3.33. The van der Waals surface area contributed by atoms with E-state index in [0.717, 1.165) is 19.5 Å². The summed E-state index contributed by atoms with van der Waals surface area (Å²) in [6.45, 7) is 4.15. The number of aliphatic hydroxyl groups excluding tert-OH is 1. The number of hydrogen-bond donors (Lipinski definition) is 3. The second-order valence-electron chi connectivity index (χ2n) is 5.31. The lowest BCUT2D eigenvalue weighted by atomic mass is 9.98. The van der Waals surface area contributed by atoms with Crippen molar-refractivity contribution in [1.29, 1.82) is 0 Å². The Labute approximate surface area is 108 Å². The van der Waals surface area contributed by atoms with Crippen LogP contribution in [0.2, 0.25) is 0 Å². The molecule has 0 bridgehead atoms. The average Bonchev–Trinajstić information content (AvgIpc) is 2.91. The van der Waals surface area contributed by atoms with Gasteiger partial charge in [-0.25, -0.2) is 5.43 Å². The summed E-state index contributed by atoms with van der Waals surface area (Å²) in [6.07, 6.45) is 0.694. The molecule has 2 aliphatic heterocycles. The highest BCUT2D eigenvalue weighted by Gasteiger charge is 2.47. The molecule has 0 radical (unpaired) electrons. The number of hydrazine groups is 1. The van der Waals surface area contributed by atoms with Gasteiger partial charge in [-0.05, 0) is 12.0 Å². The minimum Gasteiger partial charge on any atom is -0.377 e. The van der Waals surface area contributed by atoms with E-state index >= 15 is 0 Å². The predicted octanol–water partition coefficient (Wildman–Crippen LogP) is 0.692. The molecule has 0 aliphatic carbocycles. The van der Waals surface area contributed by atoms with Gasteiger partial charge in [0.05, 0.1) is 0 Å². The maximum Gasteiger partial charge on any atom is 0.122 e. The largest absolute Gasteiger partial charge is 0.377 e. The second-order valence-corrected chi connectivity index (χ2v) is 5.31. The summed E-state index contributed by atoms with van der Waals surface area (Å²) < 4.78 is 0. The van der Waals surface area contributed by atoms with Crippen LogP contribution in [0.4, 0.5) is 0 Å². The minimum atomic E-state index is -0.412. The molecule has 2 saturated heterocycles. The maximum absolute atomic E-state index is 9.90. The van der Waals surface area contributed by atoms with E-state index < -0.39 is 6.23 Å². The third-order valence-corrected chi connectivity index (χ3v) is 4.24.